The van der Waals surface area contributed by atoms with E-state index >= 15 is 0 Å². The molecule has 11 rings (SSSR count). The number of aryl methyl sites for hydroxylation is 1. The smallest absolute Gasteiger partial charge is 0.262 e. The predicted octanol–water partition coefficient (Wildman–Crippen LogP) is 7.91. The third-order valence-electron chi connectivity index (χ3n) is 15.4. The fraction of sp³-hybridized carbons (Fsp3) is 0.352. The summed E-state index contributed by atoms with van der Waals surface area (Å²) < 4.78 is 21.5. The number of amides is 4. The Hall–Kier alpha value is -7.07. The Morgan fingerprint density at radius 3 is 2.23 bits per heavy atom. The number of hydrogen-bond acceptors (Lipinski definition) is 14. The standard InChI is InChI=1S/C54H57ClN11O6P/c1-62-32-35(30-57-62)39-26-43(59-53-56-31-41(55)49(61-53)58-42-13-10-34(24-47(42)73(3,4)71)33-8-6-5-7-9-33)46(72-2)27-45(39)65-18-16-54(17-19-65)28-37(29-54)64-22-20-63(21-23-64)36-11-12-38-40(25-36)52(70)66(51(38)69)44-14-15-48(67)60-50(44)68/h5-13,24-27,30-32,37,44H,14-23,28-29H2,1-4H3,(H,60,67,68)(H2,56,58,59,61). The normalized spacial score (nSPS) is 19.2. The van der Waals surface area contributed by atoms with Crippen LogP contribution in [0.1, 0.15) is 59.2 Å². The zero-order valence-corrected chi connectivity index (χ0v) is 42.9. The van der Waals surface area contributed by atoms with E-state index < -0.39 is 36.8 Å². The van der Waals surface area contributed by atoms with Crippen LogP contribution in [0.4, 0.5) is 34.5 Å². The first-order chi connectivity index (χ1) is 35.1. The molecule has 4 aliphatic heterocycles. The van der Waals surface area contributed by atoms with Gasteiger partial charge >= 0.3 is 0 Å². The second-order valence-electron chi connectivity index (χ2n) is 20.3. The predicted molar refractivity (Wildman–Crippen MR) is 284 cm³/mol. The van der Waals surface area contributed by atoms with Crippen molar-refractivity contribution in [2.45, 2.75) is 50.6 Å². The Morgan fingerprint density at radius 1 is 0.781 bits per heavy atom. The number of ether oxygens (including phenoxy) is 1. The number of fused-ring (bicyclic) bond motifs is 1. The molecular weight excluding hydrogens is 965 g/mol. The molecule has 1 aliphatic carbocycles. The minimum absolute atomic E-state index is 0.0852. The molecule has 4 amide bonds. The molecule has 1 atom stereocenters. The zero-order chi connectivity index (χ0) is 50.8. The molecule has 6 aromatic rings. The molecule has 0 bridgehead atoms. The van der Waals surface area contributed by atoms with Crippen LogP contribution in [0.15, 0.2) is 97.5 Å². The monoisotopic (exact) mass is 1020 g/mol. The number of benzene rings is 4. The number of rotatable bonds is 12. The molecule has 1 saturated carbocycles. The largest absolute Gasteiger partial charge is 0.494 e. The van der Waals surface area contributed by atoms with Gasteiger partial charge in [-0.15, -0.1) is 0 Å². The summed E-state index contributed by atoms with van der Waals surface area (Å²) >= 11 is 6.71. The van der Waals surface area contributed by atoms with Crippen LogP contribution >= 0.6 is 18.7 Å². The topological polar surface area (TPSA) is 187 Å². The number of hydrogen-bond donors (Lipinski definition) is 3. The third-order valence-corrected chi connectivity index (χ3v) is 17.2. The average molecular weight is 1020 g/mol. The Balaban J connectivity index is 0.742. The summed E-state index contributed by atoms with van der Waals surface area (Å²) in [6.07, 6.45) is 10.1. The van der Waals surface area contributed by atoms with Gasteiger partial charge in [-0.3, -0.25) is 39.0 Å². The van der Waals surface area contributed by atoms with Crippen molar-refractivity contribution in [1.29, 1.82) is 0 Å². The molecule has 376 valence electrons. The van der Waals surface area contributed by atoms with E-state index in [1.54, 1.807) is 43.5 Å². The van der Waals surface area contributed by atoms with E-state index in [0.29, 0.717) is 56.4 Å². The number of piperazine rings is 1. The maximum absolute atomic E-state index is 13.6. The molecule has 2 aromatic heterocycles. The molecule has 5 aliphatic rings. The molecular formula is C54H57ClN11O6P. The second-order valence-corrected chi connectivity index (χ2v) is 23.9. The molecule has 17 nitrogen and oxygen atoms in total. The first-order valence-corrected chi connectivity index (χ1v) is 27.7. The Morgan fingerprint density at radius 2 is 1.53 bits per heavy atom. The highest BCUT2D eigenvalue weighted by atomic mass is 35.5. The number of nitrogens with zero attached hydrogens (tertiary/aromatic N) is 8. The van der Waals surface area contributed by atoms with Crippen molar-refractivity contribution in [3.8, 4) is 28.0 Å². The first-order valence-electron chi connectivity index (χ1n) is 24.8. The number of halogens is 1. The molecule has 0 radical (unpaired) electrons. The maximum atomic E-state index is 13.6. The van der Waals surface area contributed by atoms with Crippen molar-refractivity contribution in [1.82, 2.24) is 34.9 Å². The SMILES string of the molecule is COc1cc(N2CCC3(CC2)CC(N2CCN(c4ccc5c(c4)C(=O)N(C4CCC(=O)NC4=O)C5=O)CC2)C3)c(-c2cnn(C)c2)cc1Nc1ncc(Cl)c(Nc2ccc(-c3ccccc3)cc2P(C)(C)=O)n1. The van der Waals surface area contributed by atoms with E-state index in [0.717, 1.165) is 103 Å². The average Bonchev–Trinajstić information content (AvgIpc) is 3.92. The number of imide groups is 2. The van der Waals surface area contributed by atoms with Crippen molar-refractivity contribution < 1.29 is 28.5 Å². The second kappa shape index (κ2) is 19.1. The summed E-state index contributed by atoms with van der Waals surface area (Å²) in [5.74, 6) is -0.691. The summed E-state index contributed by atoms with van der Waals surface area (Å²) in [4.78, 5) is 68.8. The van der Waals surface area contributed by atoms with Crippen molar-refractivity contribution >= 4 is 82.2 Å². The van der Waals surface area contributed by atoms with Crippen LogP contribution in [-0.4, -0.2) is 125 Å². The highest BCUT2D eigenvalue weighted by Crippen LogP contribution is 2.53. The van der Waals surface area contributed by atoms with Crippen LogP contribution < -0.4 is 35.8 Å². The van der Waals surface area contributed by atoms with E-state index in [2.05, 4.69) is 52.9 Å². The van der Waals surface area contributed by atoms with Crippen LogP contribution in [0, 0.1) is 5.41 Å². The highest BCUT2D eigenvalue weighted by Gasteiger charge is 2.49. The lowest BCUT2D eigenvalue weighted by molar-refractivity contribution is -0.136. The number of carbonyl (C=O) groups is 4. The lowest BCUT2D eigenvalue weighted by atomic mass is 9.60. The highest BCUT2D eigenvalue weighted by molar-refractivity contribution is 7.70. The molecule has 6 heterocycles. The quantitative estimate of drug-likeness (QED) is 0.0793. The summed E-state index contributed by atoms with van der Waals surface area (Å²) in [5.41, 5.74) is 8.11. The number of aromatic nitrogens is 4. The van der Waals surface area contributed by atoms with Crippen molar-refractivity contribution in [3.63, 3.8) is 0 Å². The first kappa shape index (κ1) is 48.2. The minimum Gasteiger partial charge on any atom is -0.494 e. The summed E-state index contributed by atoms with van der Waals surface area (Å²) in [6, 6.07) is 24.9. The molecule has 73 heavy (non-hydrogen) atoms. The third kappa shape index (κ3) is 9.34. The lowest BCUT2D eigenvalue weighted by Gasteiger charge is -2.56. The molecule has 1 spiro atoms. The summed E-state index contributed by atoms with van der Waals surface area (Å²) in [5, 5.41) is 14.5. The van der Waals surface area contributed by atoms with Gasteiger partial charge in [-0.1, -0.05) is 48.0 Å². The van der Waals surface area contributed by atoms with Crippen molar-refractivity contribution in [3.05, 3.63) is 114 Å². The van der Waals surface area contributed by atoms with Crippen molar-refractivity contribution in [2.75, 3.05) is 80.1 Å². The molecule has 1 unspecified atom stereocenters. The van der Waals surface area contributed by atoms with Gasteiger partial charge < -0.3 is 29.7 Å². The van der Waals surface area contributed by atoms with E-state index in [1.165, 1.54) is 0 Å². The minimum atomic E-state index is -2.74. The molecule has 4 fully saturated rings. The van der Waals surface area contributed by atoms with Gasteiger partial charge in [0.05, 0.1) is 42.0 Å². The molecule has 19 heteroatoms. The Bertz CT molecular complexity index is 3230. The summed E-state index contributed by atoms with van der Waals surface area (Å²) in [7, 11) is 0.828. The van der Waals surface area contributed by atoms with Crippen LogP contribution in [-0.2, 0) is 21.2 Å². The maximum Gasteiger partial charge on any atom is 0.262 e. The molecule has 3 saturated heterocycles. The van der Waals surface area contributed by atoms with Crippen molar-refractivity contribution in [2.24, 2.45) is 12.5 Å². The Kier molecular flexibility index (Phi) is 12.6. The lowest BCUT2D eigenvalue weighted by Crippen LogP contribution is -2.59. The van der Waals surface area contributed by atoms with Gasteiger partial charge in [0.1, 0.15) is 24.0 Å². The number of carbonyl (C=O) groups excluding carboxylic acids is 4. The number of anilines is 6. The number of nitrogens with one attached hydrogen (secondary N) is 3. The number of methoxy groups -OCH3 is 1. The van der Waals surface area contributed by atoms with Gasteiger partial charge in [0.15, 0.2) is 5.82 Å². The van der Waals surface area contributed by atoms with E-state index in [-0.39, 0.29) is 18.3 Å². The zero-order valence-electron chi connectivity index (χ0n) is 41.2. The molecule has 3 N–H and O–H groups in total. The Labute approximate surface area is 428 Å². The van der Waals surface area contributed by atoms with E-state index in [4.69, 9.17) is 21.3 Å². The summed E-state index contributed by atoms with van der Waals surface area (Å²) in [6.45, 7) is 8.70. The van der Waals surface area contributed by atoms with Gasteiger partial charge in [-0.2, -0.15) is 10.1 Å². The van der Waals surface area contributed by atoms with E-state index in [1.807, 2.05) is 74.0 Å². The van der Waals surface area contributed by atoms with Gasteiger partial charge in [0, 0.05) is 98.8 Å². The van der Waals surface area contributed by atoms with Gasteiger partial charge in [-0.05, 0) is 98.4 Å². The van der Waals surface area contributed by atoms with Gasteiger partial charge in [0.25, 0.3) is 11.8 Å². The fourth-order valence-corrected chi connectivity index (χ4v) is 12.7. The van der Waals surface area contributed by atoms with Crippen LogP contribution in [0.2, 0.25) is 5.02 Å². The van der Waals surface area contributed by atoms with Crippen LogP contribution in [0.25, 0.3) is 22.3 Å². The van der Waals surface area contributed by atoms with E-state index in [9.17, 15) is 23.7 Å². The molecule has 4 aromatic carbocycles. The number of piperidine rings is 2. The van der Waals surface area contributed by atoms with Crippen LogP contribution in [0.3, 0.4) is 0 Å². The van der Waals surface area contributed by atoms with Gasteiger partial charge in [0.2, 0.25) is 17.8 Å². The van der Waals surface area contributed by atoms with Crippen LogP contribution in [0.5, 0.6) is 5.75 Å². The van der Waals surface area contributed by atoms with Gasteiger partial charge in [-0.25, -0.2) is 4.98 Å². The fourth-order valence-electron chi connectivity index (χ4n) is 11.4.